The highest BCUT2D eigenvalue weighted by Crippen LogP contribution is 2.32. The Balaban J connectivity index is 1.26. The summed E-state index contributed by atoms with van der Waals surface area (Å²) in [5.74, 6) is -2.59. The zero-order valence-electron chi connectivity index (χ0n) is 21.4. The number of halogens is 3. The zero-order chi connectivity index (χ0) is 27.8. The molecule has 2 aliphatic rings. The zero-order valence-corrected chi connectivity index (χ0v) is 21.4. The molecule has 2 aliphatic heterocycles. The first kappa shape index (κ1) is 26.2. The number of amides is 3. The predicted octanol–water partition coefficient (Wildman–Crippen LogP) is 3.65. The summed E-state index contributed by atoms with van der Waals surface area (Å²) in [6.07, 6.45) is 3.75. The summed E-state index contributed by atoms with van der Waals surface area (Å²) >= 11 is 0. The second kappa shape index (κ2) is 10.4. The van der Waals surface area contributed by atoms with Crippen molar-refractivity contribution in [2.24, 2.45) is 12.1 Å². The highest BCUT2D eigenvalue weighted by atomic mass is 19.1. The molecule has 2 aromatic heterocycles. The number of aromatic nitrogens is 3. The molecule has 3 aromatic rings. The molecule has 5 rings (SSSR count). The molecule has 0 radical (unpaired) electrons. The van der Waals surface area contributed by atoms with Gasteiger partial charge in [-0.3, -0.25) is 14.5 Å². The van der Waals surface area contributed by atoms with E-state index in [1.54, 1.807) is 7.05 Å². The van der Waals surface area contributed by atoms with Crippen molar-refractivity contribution in [2.75, 3.05) is 13.1 Å². The van der Waals surface area contributed by atoms with E-state index in [-0.39, 0.29) is 36.4 Å². The average molecular weight is 542 g/mol. The number of carbonyl (C=O) groups is 2. The molecule has 3 amide bonds. The molecule has 0 aliphatic carbocycles. The largest absolute Gasteiger partial charge is 0.483 e. The van der Waals surface area contributed by atoms with Crippen molar-refractivity contribution in [1.82, 2.24) is 30.0 Å². The lowest BCUT2D eigenvalue weighted by Crippen LogP contribution is -2.58. The van der Waals surface area contributed by atoms with Gasteiger partial charge in [0.2, 0.25) is 0 Å². The van der Waals surface area contributed by atoms with E-state index < -0.39 is 35.6 Å². The highest BCUT2D eigenvalue weighted by Gasteiger charge is 2.39. The number of aryl methyl sites for hydroxylation is 1. The van der Waals surface area contributed by atoms with E-state index in [4.69, 9.17) is 4.74 Å². The number of pyridine rings is 1. The topological polar surface area (TPSA) is 105 Å². The number of likely N-dealkylation sites (tertiary alicyclic amines) is 1. The van der Waals surface area contributed by atoms with Crippen LogP contribution in [0.1, 0.15) is 42.2 Å². The van der Waals surface area contributed by atoms with Gasteiger partial charge >= 0.3 is 6.03 Å². The fraction of sp³-hybridized carbons (Fsp3) is 0.346. The van der Waals surface area contributed by atoms with Crippen LogP contribution < -0.4 is 10.1 Å². The van der Waals surface area contributed by atoms with Crippen LogP contribution >= 0.6 is 0 Å². The first-order valence-corrected chi connectivity index (χ1v) is 12.3. The highest BCUT2D eigenvalue weighted by molar-refractivity contribution is 5.99. The van der Waals surface area contributed by atoms with Gasteiger partial charge < -0.3 is 15.0 Å². The van der Waals surface area contributed by atoms with Crippen molar-refractivity contribution in [1.29, 1.82) is 0 Å². The van der Waals surface area contributed by atoms with E-state index in [0.717, 1.165) is 12.3 Å². The van der Waals surface area contributed by atoms with Gasteiger partial charge in [-0.25, -0.2) is 23.0 Å². The second-order valence-corrected chi connectivity index (χ2v) is 9.68. The molecule has 13 heteroatoms. The summed E-state index contributed by atoms with van der Waals surface area (Å²) in [6.45, 7) is 3.97. The number of hydrogen-bond acceptors (Lipinski definition) is 6. The molecule has 0 unspecified atom stereocenters. The van der Waals surface area contributed by atoms with E-state index in [0.29, 0.717) is 23.4 Å². The minimum atomic E-state index is -0.737. The van der Waals surface area contributed by atoms with Gasteiger partial charge in [0.15, 0.2) is 11.6 Å². The Kier molecular flexibility index (Phi) is 6.98. The van der Waals surface area contributed by atoms with Crippen LogP contribution in [0.3, 0.4) is 0 Å². The molecule has 0 bridgehead atoms. The van der Waals surface area contributed by atoms with E-state index in [9.17, 15) is 22.8 Å². The Morgan fingerprint density at radius 3 is 2.49 bits per heavy atom. The predicted molar refractivity (Wildman–Crippen MR) is 134 cm³/mol. The van der Waals surface area contributed by atoms with Gasteiger partial charge in [0.05, 0.1) is 48.5 Å². The fourth-order valence-corrected chi connectivity index (χ4v) is 4.52. The number of nitrogens with zero attached hydrogens (tertiary/aromatic N) is 6. The van der Waals surface area contributed by atoms with Crippen LogP contribution in [-0.2, 0) is 7.05 Å². The maximum Gasteiger partial charge on any atom is 0.341 e. The van der Waals surface area contributed by atoms with Crippen molar-refractivity contribution < 1.29 is 27.5 Å². The summed E-state index contributed by atoms with van der Waals surface area (Å²) in [4.78, 5) is 31.2. The van der Waals surface area contributed by atoms with E-state index in [1.165, 1.54) is 45.2 Å². The van der Waals surface area contributed by atoms with Crippen LogP contribution in [-0.4, -0.2) is 68.1 Å². The molecule has 1 saturated heterocycles. The Labute approximate surface area is 222 Å². The molecule has 10 nitrogen and oxygen atoms in total. The minimum Gasteiger partial charge on any atom is -0.483 e. The van der Waals surface area contributed by atoms with Crippen molar-refractivity contribution in [3.05, 3.63) is 65.2 Å². The molecule has 0 saturated carbocycles. The van der Waals surface area contributed by atoms with Crippen molar-refractivity contribution in [2.45, 2.75) is 38.5 Å². The first-order chi connectivity index (χ1) is 18.6. The van der Waals surface area contributed by atoms with Gasteiger partial charge in [-0.15, -0.1) is 0 Å². The summed E-state index contributed by atoms with van der Waals surface area (Å²) in [5, 5.41) is 12.2. The lowest BCUT2D eigenvalue weighted by Gasteiger charge is -2.41. The van der Waals surface area contributed by atoms with Gasteiger partial charge in [-0.05, 0) is 31.5 Å². The van der Waals surface area contributed by atoms with Crippen molar-refractivity contribution >= 4 is 18.2 Å². The lowest BCUT2D eigenvalue weighted by atomic mass is 10.0. The number of ether oxygens (including phenoxy) is 1. The Hall–Kier alpha value is -4.42. The average Bonchev–Trinajstić information content (AvgIpc) is 3.48. The van der Waals surface area contributed by atoms with Crippen molar-refractivity contribution in [3.8, 4) is 17.1 Å². The van der Waals surface area contributed by atoms with Gasteiger partial charge in [-0.2, -0.15) is 10.2 Å². The van der Waals surface area contributed by atoms with Gasteiger partial charge in [0.25, 0.3) is 5.91 Å². The van der Waals surface area contributed by atoms with E-state index in [1.807, 2.05) is 13.8 Å². The number of rotatable bonds is 6. The number of benzene rings is 1. The van der Waals surface area contributed by atoms with Gasteiger partial charge in [0.1, 0.15) is 17.7 Å². The van der Waals surface area contributed by atoms with Crippen molar-refractivity contribution in [3.63, 3.8) is 0 Å². The van der Waals surface area contributed by atoms with E-state index in [2.05, 4.69) is 20.5 Å². The number of urea groups is 1. The van der Waals surface area contributed by atoms with Gasteiger partial charge in [0, 0.05) is 37.9 Å². The smallest absolute Gasteiger partial charge is 0.341 e. The molecule has 0 spiro atoms. The number of hydrogen-bond donors (Lipinski definition) is 1. The quantitative estimate of drug-likeness (QED) is 0.513. The minimum absolute atomic E-state index is 0.0826. The normalized spacial score (nSPS) is 17.1. The lowest BCUT2D eigenvalue weighted by molar-refractivity contribution is 0.0256. The maximum absolute atomic E-state index is 14.6. The molecule has 1 aromatic carbocycles. The van der Waals surface area contributed by atoms with Crippen LogP contribution in [0.5, 0.6) is 5.75 Å². The number of nitrogens with one attached hydrogen (secondary N) is 1. The Morgan fingerprint density at radius 1 is 1.08 bits per heavy atom. The molecule has 204 valence electrons. The standard InChI is InChI=1S/C26H26F3N7O3/c1-14(2)33-25(37)19-10-32-34(3)24(19)21-9-23(20(29)11-30-21)39-18-12-35(13-18)26(38)36-22(4-5-31-36)15-6-16(27)8-17(28)7-15/h5-11,14,18,22H,4,12-13H2,1-3H3,(H,33,37)/t22-/m0/s1. The van der Waals surface area contributed by atoms with Crippen LogP contribution in [0.25, 0.3) is 11.4 Å². The molecule has 4 heterocycles. The monoisotopic (exact) mass is 541 g/mol. The summed E-state index contributed by atoms with van der Waals surface area (Å²) in [6, 6.07) is 3.33. The van der Waals surface area contributed by atoms with E-state index >= 15 is 0 Å². The number of carbonyl (C=O) groups excluding carboxylic acids is 2. The third-order valence-electron chi connectivity index (χ3n) is 6.37. The van der Waals surface area contributed by atoms with Crippen LogP contribution in [0.4, 0.5) is 18.0 Å². The van der Waals surface area contributed by atoms with Crippen LogP contribution in [0.2, 0.25) is 0 Å². The third kappa shape index (κ3) is 5.29. The molecule has 1 fully saturated rings. The molecular formula is C26H26F3N7O3. The maximum atomic E-state index is 14.6. The molecule has 39 heavy (non-hydrogen) atoms. The second-order valence-electron chi connectivity index (χ2n) is 9.68. The molecule has 1 N–H and O–H groups in total. The summed E-state index contributed by atoms with van der Waals surface area (Å²) < 4.78 is 49.3. The fourth-order valence-electron chi connectivity index (χ4n) is 4.52. The van der Waals surface area contributed by atoms with Crippen LogP contribution in [0, 0.1) is 17.5 Å². The Bertz CT molecular complexity index is 1430. The summed E-state index contributed by atoms with van der Waals surface area (Å²) in [7, 11) is 1.65. The third-order valence-corrected chi connectivity index (χ3v) is 6.37. The number of hydrazone groups is 1. The molecule has 1 atom stereocenters. The molecular weight excluding hydrogens is 515 g/mol. The van der Waals surface area contributed by atoms with Gasteiger partial charge in [-0.1, -0.05) is 0 Å². The first-order valence-electron chi connectivity index (χ1n) is 12.3. The van der Waals surface area contributed by atoms with Crippen LogP contribution in [0.15, 0.2) is 41.8 Å². The Morgan fingerprint density at radius 2 is 1.79 bits per heavy atom. The SMILES string of the molecule is CC(C)NC(=O)c1cnn(C)c1-c1cc(OC2CN(C(=O)N3N=CC[C@H]3c3cc(F)cc(F)c3)C2)c(F)cn1. The summed E-state index contributed by atoms with van der Waals surface area (Å²) in [5.41, 5.74) is 1.28.